The molecule has 0 saturated carbocycles. The molecule has 0 aromatic heterocycles. The van der Waals surface area contributed by atoms with Gasteiger partial charge in [0.2, 0.25) is 5.91 Å². The van der Waals surface area contributed by atoms with E-state index in [1.807, 2.05) is 18.2 Å². The molecule has 4 rings (SSSR count). The second-order valence-electron chi connectivity index (χ2n) is 8.64. The summed E-state index contributed by atoms with van der Waals surface area (Å²) in [5.41, 5.74) is 1.74. The number of methoxy groups -OCH3 is 1. The zero-order valence-corrected chi connectivity index (χ0v) is 17.7. The van der Waals surface area contributed by atoms with Crippen LogP contribution in [0, 0.1) is 11.6 Å². The maximum Gasteiger partial charge on any atom is 0.220 e. The number of carbonyl (C=O) groups excluding carboxylic acids is 1. The van der Waals surface area contributed by atoms with Crippen molar-refractivity contribution >= 4 is 5.91 Å². The molecule has 2 fully saturated rings. The molecule has 2 atom stereocenters. The Balaban J connectivity index is 1.65. The fraction of sp³-hybridized carbons (Fsp3) is 0.458. The average Bonchev–Trinajstić information content (AvgIpc) is 2.96. The van der Waals surface area contributed by atoms with Crippen molar-refractivity contribution in [1.29, 1.82) is 0 Å². The first kappa shape index (κ1) is 21.7. The first-order valence-electron chi connectivity index (χ1n) is 10.7. The Hall–Kier alpha value is -2.51. The molecule has 2 saturated heterocycles. The summed E-state index contributed by atoms with van der Waals surface area (Å²) in [6.45, 7) is 1.65. The summed E-state index contributed by atoms with van der Waals surface area (Å²) in [6, 6.07) is 9.33. The summed E-state index contributed by atoms with van der Waals surface area (Å²) in [5, 5.41) is 12.8. The standard InChI is InChI=1S/C24H28F2N2O3/c1-31-22-6-5-16(8-18(22)14-29)12-28-13-21(17-9-19(25)11-20(26)10-17)24(15-28)7-3-2-4-23(30)27-24/h5-6,8-11,21,29H,2-4,7,12-15H2,1H3,(H,27,30)/t21-,24+/m0/s1. The number of carbonyl (C=O) groups is 1. The van der Waals surface area contributed by atoms with Crippen molar-refractivity contribution in [3.8, 4) is 5.75 Å². The van der Waals surface area contributed by atoms with E-state index in [-0.39, 0.29) is 18.4 Å². The van der Waals surface area contributed by atoms with Crippen LogP contribution in [0.5, 0.6) is 5.75 Å². The fourth-order valence-electron chi connectivity index (χ4n) is 5.15. The number of ether oxygens (including phenoxy) is 1. The van der Waals surface area contributed by atoms with E-state index in [9.17, 15) is 18.7 Å². The van der Waals surface area contributed by atoms with Gasteiger partial charge in [0.15, 0.2) is 0 Å². The van der Waals surface area contributed by atoms with Gasteiger partial charge in [-0.15, -0.1) is 0 Å². The zero-order valence-electron chi connectivity index (χ0n) is 17.7. The average molecular weight is 430 g/mol. The molecule has 31 heavy (non-hydrogen) atoms. The van der Waals surface area contributed by atoms with Crippen molar-refractivity contribution in [2.45, 2.75) is 50.3 Å². The molecule has 166 valence electrons. The lowest BCUT2D eigenvalue weighted by molar-refractivity contribution is -0.122. The fourth-order valence-corrected chi connectivity index (χ4v) is 5.15. The number of nitrogens with zero attached hydrogens (tertiary/aromatic N) is 1. The van der Waals surface area contributed by atoms with Crippen LogP contribution in [0.25, 0.3) is 0 Å². The Bertz CT molecular complexity index is 948. The van der Waals surface area contributed by atoms with E-state index in [0.29, 0.717) is 42.9 Å². The number of amides is 1. The minimum absolute atomic E-state index is 0.00626. The van der Waals surface area contributed by atoms with Crippen molar-refractivity contribution < 1.29 is 23.4 Å². The van der Waals surface area contributed by atoms with Crippen LogP contribution in [0.15, 0.2) is 36.4 Å². The molecule has 2 aromatic carbocycles. The van der Waals surface area contributed by atoms with E-state index >= 15 is 0 Å². The van der Waals surface area contributed by atoms with Gasteiger partial charge in [0.25, 0.3) is 0 Å². The summed E-state index contributed by atoms with van der Waals surface area (Å²) in [5.74, 6) is -0.797. The SMILES string of the molecule is COc1ccc(CN2C[C@@H](c3cc(F)cc(F)c3)[C@@]3(CCCCC(=O)N3)C2)cc1CO. The Morgan fingerprint density at radius 2 is 1.97 bits per heavy atom. The zero-order chi connectivity index (χ0) is 22.0. The molecule has 2 heterocycles. The third-order valence-electron chi connectivity index (χ3n) is 6.49. The monoisotopic (exact) mass is 430 g/mol. The van der Waals surface area contributed by atoms with Crippen LogP contribution in [0.4, 0.5) is 8.78 Å². The van der Waals surface area contributed by atoms with Crippen LogP contribution in [0.3, 0.4) is 0 Å². The van der Waals surface area contributed by atoms with Gasteiger partial charge in [-0.25, -0.2) is 8.78 Å². The first-order valence-corrected chi connectivity index (χ1v) is 10.7. The number of rotatable bonds is 5. The predicted octanol–water partition coefficient (Wildman–Crippen LogP) is 3.49. The van der Waals surface area contributed by atoms with Crippen molar-refractivity contribution in [3.05, 3.63) is 64.7 Å². The normalized spacial score (nSPS) is 24.3. The van der Waals surface area contributed by atoms with E-state index in [1.165, 1.54) is 12.1 Å². The molecule has 5 nitrogen and oxygen atoms in total. The third kappa shape index (κ3) is 4.57. The second kappa shape index (κ2) is 8.93. The van der Waals surface area contributed by atoms with Gasteiger partial charge in [-0.05, 0) is 48.2 Å². The molecular formula is C24H28F2N2O3. The van der Waals surface area contributed by atoms with E-state index in [2.05, 4.69) is 10.2 Å². The van der Waals surface area contributed by atoms with E-state index in [1.54, 1.807) is 7.11 Å². The number of halogens is 2. The molecule has 1 amide bonds. The van der Waals surface area contributed by atoms with Crippen LogP contribution in [0.2, 0.25) is 0 Å². The molecule has 0 radical (unpaired) electrons. The highest BCUT2D eigenvalue weighted by atomic mass is 19.1. The number of likely N-dealkylation sites (tertiary alicyclic amines) is 1. The summed E-state index contributed by atoms with van der Waals surface area (Å²) in [6.07, 6.45) is 2.95. The molecule has 2 aliphatic rings. The Morgan fingerprint density at radius 3 is 2.68 bits per heavy atom. The van der Waals surface area contributed by atoms with Crippen molar-refractivity contribution in [2.24, 2.45) is 0 Å². The van der Waals surface area contributed by atoms with Crippen LogP contribution in [0.1, 0.15) is 48.3 Å². The lowest BCUT2D eigenvalue weighted by Crippen LogP contribution is -2.52. The molecule has 2 aromatic rings. The smallest absolute Gasteiger partial charge is 0.220 e. The summed E-state index contributed by atoms with van der Waals surface area (Å²) in [4.78, 5) is 14.7. The van der Waals surface area contributed by atoms with Crippen molar-refractivity contribution in [2.75, 3.05) is 20.2 Å². The Labute approximate surface area is 181 Å². The second-order valence-corrected chi connectivity index (χ2v) is 8.64. The Kier molecular flexibility index (Phi) is 6.25. The molecule has 0 bridgehead atoms. The number of nitrogens with one attached hydrogen (secondary N) is 1. The van der Waals surface area contributed by atoms with Gasteiger partial charge in [-0.3, -0.25) is 9.69 Å². The minimum Gasteiger partial charge on any atom is -0.496 e. The summed E-state index contributed by atoms with van der Waals surface area (Å²) in [7, 11) is 1.57. The topological polar surface area (TPSA) is 61.8 Å². The minimum atomic E-state index is -0.605. The number of aliphatic hydroxyl groups is 1. The molecular weight excluding hydrogens is 402 g/mol. The highest BCUT2D eigenvalue weighted by molar-refractivity contribution is 5.77. The van der Waals surface area contributed by atoms with E-state index < -0.39 is 17.2 Å². The maximum absolute atomic E-state index is 14.0. The predicted molar refractivity (Wildman–Crippen MR) is 113 cm³/mol. The molecule has 1 spiro atoms. The summed E-state index contributed by atoms with van der Waals surface area (Å²) < 4.78 is 33.3. The van der Waals surface area contributed by atoms with Crippen molar-refractivity contribution in [3.63, 3.8) is 0 Å². The quantitative estimate of drug-likeness (QED) is 0.762. The maximum atomic E-state index is 14.0. The Morgan fingerprint density at radius 1 is 1.19 bits per heavy atom. The van der Waals surface area contributed by atoms with Gasteiger partial charge in [0, 0.05) is 43.6 Å². The summed E-state index contributed by atoms with van der Waals surface area (Å²) >= 11 is 0. The highest BCUT2D eigenvalue weighted by Gasteiger charge is 2.48. The van der Waals surface area contributed by atoms with E-state index in [4.69, 9.17) is 4.74 Å². The van der Waals surface area contributed by atoms with Crippen LogP contribution >= 0.6 is 0 Å². The highest BCUT2D eigenvalue weighted by Crippen LogP contribution is 2.42. The molecule has 0 aliphatic carbocycles. The lowest BCUT2D eigenvalue weighted by Gasteiger charge is -2.35. The van der Waals surface area contributed by atoms with Crippen LogP contribution < -0.4 is 10.1 Å². The van der Waals surface area contributed by atoms with Gasteiger partial charge in [-0.2, -0.15) is 0 Å². The lowest BCUT2D eigenvalue weighted by atomic mass is 9.79. The van der Waals surface area contributed by atoms with Crippen LogP contribution in [-0.4, -0.2) is 41.7 Å². The van der Waals surface area contributed by atoms with Gasteiger partial charge in [0.1, 0.15) is 17.4 Å². The van der Waals surface area contributed by atoms with E-state index in [0.717, 1.165) is 30.9 Å². The largest absolute Gasteiger partial charge is 0.496 e. The van der Waals surface area contributed by atoms with Crippen molar-refractivity contribution in [1.82, 2.24) is 10.2 Å². The third-order valence-corrected chi connectivity index (χ3v) is 6.49. The number of aliphatic hydroxyl groups excluding tert-OH is 1. The molecule has 2 aliphatic heterocycles. The van der Waals surface area contributed by atoms with Crippen LogP contribution in [-0.2, 0) is 17.9 Å². The first-order chi connectivity index (χ1) is 14.9. The van der Waals surface area contributed by atoms with Gasteiger partial charge < -0.3 is 15.2 Å². The van der Waals surface area contributed by atoms with Gasteiger partial charge in [-0.1, -0.05) is 12.5 Å². The van der Waals surface area contributed by atoms with Gasteiger partial charge >= 0.3 is 0 Å². The molecule has 7 heteroatoms. The van der Waals surface area contributed by atoms with Gasteiger partial charge in [0.05, 0.1) is 19.3 Å². The number of hydrogen-bond donors (Lipinski definition) is 2. The number of benzene rings is 2. The number of hydrogen-bond acceptors (Lipinski definition) is 4. The molecule has 0 unspecified atom stereocenters. The molecule has 2 N–H and O–H groups in total.